The van der Waals surface area contributed by atoms with Crippen LogP contribution in [0.5, 0.6) is 5.75 Å². The van der Waals surface area contributed by atoms with Crippen molar-refractivity contribution in [3.8, 4) is 5.75 Å². The first-order valence-electron chi connectivity index (χ1n) is 4.84. The van der Waals surface area contributed by atoms with Crippen LogP contribution in [0.1, 0.15) is 20.3 Å². The fourth-order valence-corrected chi connectivity index (χ4v) is 1.14. The van der Waals surface area contributed by atoms with Crippen LogP contribution in [0.3, 0.4) is 0 Å². The predicted molar refractivity (Wildman–Crippen MR) is 56.4 cm³/mol. The Morgan fingerprint density at radius 1 is 1.23 bits per heavy atom. The second kappa shape index (κ2) is 5.46. The van der Waals surface area contributed by atoms with Gasteiger partial charge in [-0.25, -0.2) is 0 Å². The van der Waals surface area contributed by atoms with Crippen LogP contribution >= 0.6 is 0 Å². The number of benzene rings is 1. The first-order chi connectivity index (χ1) is 6.38. The van der Waals surface area contributed by atoms with Gasteiger partial charge in [0.15, 0.2) is 0 Å². The lowest BCUT2D eigenvalue weighted by Crippen LogP contribution is -2.01. The van der Waals surface area contributed by atoms with Gasteiger partial charge in [-0.2, -0.15) is 0 Å². The predicted octanol–water partition coefficient (Wildman–Crippen LogP) is 2.91. The molecule has 0 aliphatic carbocycles. The number of ether oxygens (including phenoxy) is 1. The summed E-state index contributed by atoms with van der Waals surface area (Å²) in [4.78, 5) is 0. The van der Waals surface area contributed by atoms with Gasteiger partial charge < -0.3 is 10.1 Å². The molecule has 1 aromatic carbocycles. The summed E-state index contributed by atoms with van der Waals surface area (Å²) in [5.41, 5.74) is 1.08. The van der Waals surface area contributed by atoms with E-state index in [1.54, 1.807) is 0 Å². The van der Waals surface area contributed by atoms with E-state index in [0.717, 1.165) is 31.0 Å². The van der Waals surface area contributed by atoms with Crippen LogP contribution in [0.15, 0.2) is 24.3 Å². The van der Waals surface area contributed by atoms with E-state index in [1.807, 2.05) is 24.3 Å². The van der Waals surface area contributed by atoms with Gasteiger partial charge in [-0.3, -0.25) is 0 Å². The van der Waals surface area contributed by atoms with Gasteiger partial charge in [-0.05, 0) is 25.5 Å². The van der Waals surface area contributed by atoms with Gasteiger partial charge in [0.2, 0.25) is 0 Å². The summed E-state index contributed by atoms with van der Waals surface area (Å²) in [7, 11) is 0. The van der Waals surface area contributed by atoms with E-state index in [0.29, 0.717) is 0 Å². The lowest BCUT2D eigenvalue weighted by molar-refractivity contribution is 0.319. The third-order valence-electron chi connectivity index (χ3n) is 1.72. The first kappa shape index (κ1) is 9.90. The first-order valence-corrected chi connectivity index (χ1v) is 4.84. The lowest BCUT2D eigenvalue weighted by atomic mass is 10.3. The second-order valence-electron chi connectivity index (χ2n) is 2.87. The zero-order valence-corrected chi connectivity index (χ0v) is 8.34. The summed E-state index contributed by atoms with van der Waals surface area (Å²) in [6.45, 7) is 5.89. The van der Waals surface area contributed by atoms with Crippen LogP contribution in [0.25, 0.3) is 0 Å². The molecule has 0 heterocycles. The normalized spacial score (nSPS) is 9.69. The van der Waals surface area contributed by atoms with Crippen LogP contribution in [-0.2, 0) is 0 Å². The highest BCUT2D eigenvalue weighted by atomic mass is 16.5. The molecule has 0 amide bonds. The molecule has 72 valence electrons. The third-order valence-corrected chi connectivity index (χ3v) is 1.72. The van der Waals surface area contributed by atoms with Crippen molar-refractivity contribution in [2.24, 2.45) is 0 Å². The maximum atomic E-state index is 5.58. The van der Waals surface area contributed by atoms with Gasteiger partial charge in [0.05, 0.1) is 12.3 Å². The highest BCUT2D eigenvalue weighted by molar-refractivity contribution is 5.55. The van der Waals surface area contributed by atoms with Gasteiger partial charge in [-0.1, -0.05) is 19.1 Å². The van der Waals surface area contributed by atoms with Crippen molar-refractivity contribution >= 4 is 5.69 Å². The molecule has 0 aliphatic rings. The molecule has 0 saturated heterocycles. The fourth-order valence-electron chi connectivity index (χ4n) is 1.14. The Hall–Kier alpha value is -1.18. The van der Waals surface area contributed by atoms with Gasteiger partial charge in [0.1, 0.15) is 5.75 Å². The van der Waals surface area contributed by atoms with Crippen LogP contribution in [0.2, 0.25) is 0 Å². The van der Waals surface area contributed by atoms with E-state index in [9.17, 15) is 0 Å². The third kappa shape index (κ3) is 2.98. The van der Waals surface area contributed by atoms with Crippen molar-refractivity contribution in [2.75, 3.05) is 18.5 Å². The topological polar surface area (TPSA) is 21.3 Å². The number of nitrogens with one attached hydrogen (secondary N) is 1. The number of anilines is 1. The Balaban J connectivity index is 2.66. The van der Waals surface area contributed by atoms with Crippen molar-refractivity contribution < 1.29 is 4.74 Å². The summed E-state index contributed by atoms with van der Waals surface area (Å²) >= 11 is 0. The van der Waals surface area contributed by atoms with Crippen LogP contribution in [0, 0.1) is 0 Å². The van der Waals surface area contributed by atoms with Gasteiger partial charge >= 0.3 is 0 Å². The molecule has 0 unspecified atom stereocenters. The molecule has 0 spiro atoms. The van der Waals surface area contributed by atoms with Gasteiger partial charge in [0, 0.05) is 6.54 Å². The molecule has 1 rings (SSSR count). The molecular formula is C11H17NO. The molecule has 2 heteroatoms. The molecule has 0 aromatic heterocycles. The number of rotatable bonds is 5. The Kier molecular flexibility index (Phi) is 4.16. The smallest absolute Gasteiger partial charge is 0.142 e. The van der Waals surface area contributed by atoms with Gasteiger partial charge in [-0.15, -0.1) is 0 Å². The van der Waals surface area contributed by atoms with E-state index < -0.39 is 0 Å². The molecule has 1 N–H and O–H groups in total. The van der Waals surface area contributed by atoms with Crippen LogP contribution < -0.4 is 10.1 Å². The van der Waals surface area contributed by atoms with E-state index in [4.69, 9.17) is 4.74 Å². The minimum Gasteiger partial charge on any atom is -0.491 e. The SMILES string of the molecule is CCCOc1ccccc1NCC. The zero-order chi connectivity index (χ0) is 9.52. The average Bonchev–Trinajstić information content (AvgIpc) is 2.17. The summed E-state index contributed by atoms with van der Waals surface area (Å²) < 4.78 is 5.58. The van der Waals surface area contributed by atoms with Crippen molar-refractivity contribution in [1.29, 1.82) is 0 Å². The van der Waals surface area contributed by atoms with Crippen molar-refractivity contribution in [1.82, 2.24) is 0 Å². The minimum atomic E-state index is 0.780. The monoisotopic (exact) mass is 179 g/mol. The highest BCUT2D eigenvalue weighted by Gasteiger charge is 1.99. The summed E-state index contributed by atoms with van der Waals surface area (Å²) in [5.74, 6) is 0.950. The molecule has 0 aliphatic heterocycles. The lowest BCUT2D eigenvalue weighted by Gasteiger charge is -2.10. The second-order valence-corrected chi connectivity index (χ2v) is 2.87. The Labute approximate surface area is 79.9 Å². The zero-order valence-electron chi connectivity index (χ0n) is 8.34. The number of hydrogen-bond acceptors (Lipinski definition) is 2. The van der Waals surface area contributed by atoms with Crippen LogP contribution in [-0.4, -0.2) is 13.2 Å². The molecule has 13 heavy (non-hydrogen) atoms. The maximum absolute atomic E-state index is 5.58. The largest absolute Gasteiger partial charge is 0.491 e. The summed E-state index contributed by atoms with van der Waals surface area (Å²) in [6, 6.07) is 8.03. The Morgan fingerprint density at radius 3 is 2.69 bits per heavy atom. The summed E-state index contributed by atoms with van der Waals surface area (Å²) in [6.07, 6.45) is 1.04. The van der Waals surface area contributed by atoms with E-state index in [1.165, 1.54) is 0 Å². The number of para-hydroxylation sites is 2. The molecular weight excluding hydrogens is 162 g/mol. The minimum absolute atomic E-state index is 0.780. The molecule has 0 saturated carbocycles. The van der Waals surface area contributed by atoms with Crippen molar-refractivity contribution in [2.45, 2.75) is 20.3 Å². The molecule has 0 fully saturated rings. The molecule has 1 aromatic rings. The quantitative estimate of drug-likeness (QED) is 0.750. The fraction of sp³-hybridized carbons (Fsp3) is 0.455. The van der Waals surface area contributed by atoms with Crippen LogP contribution in [0.4, 0.5) is 5.69 Å². The molecule has 0 radical (unpaired) electrons. The van der Waals surface area contributed by atoms with E-state index >= 15 is 0 Å². The highest BCUT2D eigenvalue weighted by Crippen LogP contribution is 2.23. The molecule has 0 atom stereocenters. The molecule has 0 bridgehead atoms. The standard InChI is InChI=1S/C11H17NO/c1-3-9-13-11-8-6-5-7-10(11)12-4-2/h5-8,12H,3-4,9H2,1-2H3. The number of hydrogen-bond donors (Lipinski definition) is 1. The Morgan fingerprint density at radius 2 is 2.00 bits per heavy atom. The van der Waals surface area contributed by atoms with Gasteiger partial charge in [0.25, 0.3) is 0 Å². The Bertz CT molecular complexity index is 248. The maximum Gasteiger partial charge on any atom is 0.142 e. The van der Waals surface area contributed by atoms with Crippen molar-refractivity contribution in [3.05, 3.63) is 24.3 Å². The van der Waals surface area contributed by atoms with Crippen molar-refractivity contribution in [3.63, 3.8) is 0 Å². The average molecular weight is 179 g/mol. The van der Waals surface area contributed by atoms with E-state index in [2.05, 4.69) is 19.2 Å². The molecule has 2 nitrogen and oxygen atoms in total. The van der Waals surface area contributed by atoms with E-state index in [-0.39, 0.29) is 0 Å². The summed E-state index contributed by atoms with van der Waals surface area (Å²) in [5, 5.41) is 3.26.